The zero-order valence-electron chi connectivity index (χ0n) is 19.0. The highest BCUT2D eigenvalue weighted by atomic mass is 16.1. The van der Waals surface area contributed by atoms with Crippen LogP contribution in [0.1, 0.15) is 95.5 Å². The molecule has 2 aliphatic carbocycles. The molecule has 4 nitrogen and oxygen atoms in total. The smallest absolute Gasteiger partial charge is 0.194 e. The molecule has 0 fully saturated rings. The number of hydrogen-bond donors (Lipinski definition) is 1. The highest BCUT2D eigenvalue weighted by molar-refractivity contribution is 6.28. The van der Waals surface area contributed by atoms with E-state index in [1.54, 1.807) is 12.1 Å². The van der Waals surface area contributed by atoms with Gasteiger partial charge in [0, 0.05) is 34.3 Å². The maximum Gasteiger partial charge on any atom is 0.194 e. The zero-order valence-corrected chi connectivity index (χ0v) is 19.0. The third-order valence-electron chi connectivity index (χ3n) is 6.99. The summed E-state index contributed by atoms with van der Waals surface area (Å²) in [5.41, 5.74) is 4.65. The summed E-state index contributed by atoms with van der Waals surface area (Å²) in [6.45, 7) is 10.1. The maximum absolute atomic E-state index is 13.2. The van der Waals surface area contributed by atoms with E-state index in [0.29, 0.717) is 28.3 Å². The molecular formula is C27H34N2O2. The lowest BCUT2D eigenvalue weighted by Crippen LogP contribution is -2.34. The molecule has 0 bridgehead atoms. The normalized spacial score (nSPS) is 18.5. The van der Waals surface area contributed by atoms with Crippen LogP contribution >= 0.6 is 0 Å². The second kappa shape index (κ2) is 9.46. The van der Waals surface area contributed by atoms with Crippen LogP contribution < -0.4 is 5.32 Å². The quantitative estimate of drug-likeness (QED) is 0.563. The molecule has 31 heavy (non-hydrogen) atoms. The molecule has 0 heterocycles. The molecule has 0 saturated carbocycles. The van der Waals surface area contributed by atoms with E-state index in [1.165, 1.54) is 17.5 Å². The molecule has 0 aromatic heterocycles. The molecule has 0 radical (unpaired) electrons. The molecule has 4 rings (SSSR count). The second-order valence-corrected chi connectivity index (χ2v) is 8.98. The molecule has 0 aliphatic heterocycles. The third kappa shape index (κ3) is 4.37. The Bertz CT molecular complexity index is 977. The van der Waals surface area contributed by atoms with Crippen LogP contribution in [0.15, 0.2) is 36.4 Å². The molecule has 2 aromatic carbocycles. The Hall–Kier alpha value is -2.30. The topological polar surface area (TPSA) is 49.4 Å². The van der Waals surface area contributed by atoms with Crippen LogP contribution in [0.3, 0.4) is 0 Å². The number of rotatable bonds is 8. The number of aryl methyl sites for hydroxylation is 1. The molecular weight excluding hydrogens is 384 g/mol. The number of fused-ring (bicyclic) bond motifs is 3. The first-order valence-corrected chi connectivity index (χ1v) is 11.9. The highest BCUT2D eigenvalue weighted by Gasteiger charge is 2.32. The molecule has 2 aliphatic rings. The number of benzene rings is 2. The molecule has 2 atom stereocenters. The fraction of sp³-hybridized carbons (Fsp3) is 0.481. The highest BCUT2D eigenvalue weighted by Crippen LogP contribution is 2.36. The van der Waals surface area contributed by atoms with Gasteiger partial charge in [0.2, 0.25) is 0 Å². The lowest BCUT2D eigenvalue weighted by atomic mass is 9.78. The number of ketones is 2. The Morgan fingerprint density at radius 3 is 2.29 bits per heavy atom. The van der Waals surface area contributed by atoms with E-state index in [-0.39, 0.29) is 17.6 Å². The minimum absolute atomic E-state index is 0.0205. The number of carbonyl (C=O) groups is 2. The molecule has 0 saturated heterocycles. The zero-order chi connectivity index (χ0) is 22.0. The van der Waals surface area contributed by atoms with Crippen molar-refractivity contribution < 1.29 is 9.59 Å². The van der Waals surface area contributed by atoms with Crippen molar-refractivity contribution in [2.24, 2.45) is 0 Å². The van der Waals surface area contributed by atoms with Gasteiger partial charge < -0.3 is 10.2 Å². The van der Waals surface area contributed by atoms with Crippen molar-refractivity contribution in [3.05, 3.63) is 69.8 Å². The van der Waals surface area contributed by atoms with Crippen LogP contribution in [0, 0.1) is 0 Å². The minimum atomic E-state index is -0.0235. The van der Waals surface area contributed by atoms with E-state index >= 15 is 0 Å². The minimum Gasteiger partial charge on any atom is -0.307 e. The van der Waals surface area contributed by atoms with Gasteiger partial charge in [-0.05, 0) is 81.9 Å². The van der Waals surface area contributed by atoms with Crippen molar-refractivity contribution in [1.29, 1.82) is 0 Å². The van der Waals surface area contributed by atoms with Crippen molar-refractivity contribution in [2.75, 3.05) is 19.6 Å². The Labute approximate surface area is 186 Å². The summed E-state index contributed by atoms with van der Waals surface area (Å²) in [6, 6.07) is 11.9. The fourth-order valence-corrected chi connectivity index (χ4v) is 5.16. The van der Waals surface area contributed by atoms with Gasteiger partial charge in [0.05, 0.1) is 0 Å². The lowest BCUT2D eigenvalue weighted by Gasteiger charge is -2.31. The van der Waals surface area contributed by atoms with Crippen molar-refractivity contribution in [2.45, 2.75) is 65.0 Å². The average molecular weight is 419 g/mol. The predicted molar refractivity (Wildman–Crippen MR) is 125 cm³/mol. The fourth-order valence-electron chi connectivity index (χ4n) is 5.16. The van der Waals surface area contributed by atoms with Gasteiger partial charge in [0.1, 0.15) is 0 Å². The summed E-state index contributed by atoms with van der Waals surface area (Å²) >= 11 is 0. The number of carbonyl (C=O) groups excluding carboxylic acids is 2. The van der Waals surface area contributed by atoms with Crippen LogP contribution in [-0.2, 0) is 6.42 Å². The van der Waals surface area contributed by atoms with Gasteiger partial charge in [-0.1, -0.05) is 38.1 Å². The van der Waals surface area contributed by atoms with E-state index in [1.807, 2.05) is 24.3 Å². The lowest BCUT2D eigenvalue weighted by molar-refractivity contribution is 0.0979. The molecule has 0 amide bonds. The molecule has 1 N–H and O–H groups in total. The maximum atomic E-state index is 13.2. The van der Waals surface area contributed by atoms with Gasteiger partial charge in [-0.15, -0.1) is 0 Å². The summed E-state index contributed by atoms with van der Waals surface area (Å²) in [6.07, 6.45) is 5.47. The first kappa shape index (κ1) is 21.9. The number of nitrogens with zero attached hydrogens (tertiary/aromatic N) is 1. The Morgan fingerprint density at radius 1 is 1.00 bits per heavy atom. The Balaban J connectivity index is 1.53. The summed E-state index contributed by atoms with van der Waals surface area (Å²) < 4.78 is 0. The van der Waals surface area contributed by atoms with Gasteiger partial charge in [-0.2, -0.15) is 0 Å². The standard InChI is InChI=1S/C27H34N2O2/c1-4-29(5-2)15-9-10-18(3)28-25-14-8-11-19-16-23-24(17-22(19)25)27(31)21-13-7-6-12-20(21)26(23)30/h6-7,12-13,16-18,25,28H,4-5,8-11,14-15H2,1-3H3/t18-,25+/m1/s1. The van der Waals surface area contributed by atoms with Gasteiger partial charge in [-0.3, -0.25) is 9.59 Å². The average Bonchev–Trinajstić information content (AvgIpc) is 2.79. The molecule has 0 spiro atoms. The van der Waals surface area contributed by atoms with E-state index in [4.69, 9.17) is 0 Å². The Morgan fingerprint density at radius 2 is 1.65 bits per heavy atom. The van der Waals surface area contributed by atoms with Gasteiger partial charge in [0.25, 0.3) is 0 Å². The van der Waals surface area contributed by atoms with Crippen LogP contribution in [-0.4, -0.2) is 42.1 Å². The summed E-state index contributed by atoms with van der Waals surface area (Å²) in [4.78, 5) is 28.7. The van der Waals surface area contributed by atoms with Crippen molar-refractivity contribution in [1.82, 2.24) is 10.2 Å². The van der Waals surface area contributed by atoms with Crippen molar-refractivity contribution in [3.63, 3.8) is 0 Å². The van der Waals surface area contributed by atoms with Crippen LogP contribution in [0.5, 0.6) is 0 Å². The van der Waals surface area contributed by atoms with Crippen LogP contribution in [0.2, 0.25) is 0 Å². The number of nitrogens with one attached hydrogen (secondary N) is 1. The molecule has 4 heteroatoms. The van der Waals surface area contributed by atoms with Gasteiger partial charge >= 0.3 is 0 Å². The van der Waals surface area contributed by atoms with Gasteiger partial charge in [-0.25, -0.2) is 0 Å². The van der Waals surface area contributed by atoms with Gasteiger partial charge in [0.15, 0.2) is 11.6 Å². The van der Waals surface area contributed by atoms with Crippen molar-refractivity contribution in [3.8, 4) is 0 Å². The van der Waals surface area contributed by atoms with E-state index in [9.17, 15) is 9.59 Å². The predicted octanol–water partition coefficient (Wildman–Crippen LogP) is 4.94. The van der Waals surface area contributed by atoms with E-state index in [2.05, 4.69) is 31.0 Å². The molecule has 0 unspecified atom stereocenters. The third-order valence-corrected chi connectivity index (χ3v) is 6.99. The molecule has 164 valence electrons. The van der Waals surface area contributed by atoms with Crippen LogP contribution in [0.25, 0.3) is 0 Å². The van der Waals surface area contributed by atoms with E-state index < -0.39 is 0 Å². The monoisotopic (exact) mass is 418 g/mol. The SMILES string of the molecule is CCN(CC)CCC[C@@H](C)N[C@H]1CCCc2cc3c(cc21)C(=O)c1ccccc1C3=O. The first-order valence-electron chi connectivity index (χ1n) is 11.9. The van der Waals surface area contributed by atoms with Crippen molar-refractivity contribution >= 4 is 11.6 Å². The first-order chi connectivity index (χ1) is 15.0. The summed E-state index contributed by atoms with van der Waals surface area (Å²) in [5, 5.41) is 3.82. The van der Waals surface area contributed by atoms with Crippen LogP contribution in [0.4, 0.5) is 0 Å². The molecule has 2 aromatic rings. The number of hydrogen-bond acceptors (Lipinski definition) is 4. The van der Waals surface area contributed by atoms with E-state index in [0.717, 1.165) is 45.3 Å². The second-order valence-electron chi connectivity index (χ2n) is 8.98. The Kier molecular flexibility index (Phi) is 6.68. The summed E-state index contributed by atoms with van der Waals surface area (Å²) in [7, 11) is 0. The summed E-state index contributed by atoms with van der Waals surface area (Å²) in [5.74, 6) is -0.0440. The largest absolute Gasteiger partial charge is 0.307 e.